The minimum atomic E-state index is -0.0995. The Morgan fingerprint density at radius 1 is 0.679 bits per heavy atom. The van der Waals surface area contributed by atoms with Crippen molar-refractivity contribution in [2.45, 2.75) is 45.4 Å². The van der Waals surface area contributed by atoms with Gasteiger partial charge >= 0.3 is 0 Å². The highest BCUT2D eigenvalue weighted by atomic mass is 16.3. The topological polar surface area (TPSA) is 42.8 Å². The smallest absolute Gasteiger partial charge is 0.159 e. The van der Waals surface area contributed by atoms with Crippen LogP contribution in [-0.4, -0.2) is 16.1 Å². The van der Waals surface area contributed by atoms with Crippen LogP contribution < -0.4 is 0 Å². The third-order valence-corrected chi connectivity index (χ3v) is 12.5. The maximum absolute atomic E-state index is 6.27. The number of furan rings is 1. The molecule has 0 N–H and O–H groups in total. The van der Waals surface area contributed by atoms with Gasteiger partial charge in [-0.2, -0.15) is 0 Å². The Labute approximate surface area is 326 Å². The number of amidine groups is 1. The number of aliphatic imine (C=N–C) groups is 2. The summed E-state index contributed by atoms with van der Waals surface area (Å²) in [7, 11) is 0. The van der Waals surface area contributed by atoms with E-state index in [1.54, 1.807) is 0 Å². The molecule has 3 aliphatic rings. The van der Waals surface area contributed by atoms with Crippen LogP contribution in [0.1, 0.15) is 67.2 Å². The van der Waals surface area contributed by atoms with Gasteiger partial charge in [0, 0.05) is 56.4 Å². The van der Waals surface area contributed by atoms with Gasteiger partial charge in [0.05, 0.1) is 16.7 Å². The van der Waals surface area contributed by atoms with Crippen molar-refractivity contribution in [1.82, 2.24) is 4.57 Å². The maximum Gasteiger partial charge on any atom is 0.159 e. The first-order valence-corrected chi connectivity index (χ1v) is 19.9. The van der Waals surface area contributed by atoms with Gasteiger partial charge in [-0.25, -0.2) is 9.98 Å². The van der Waals surface area contributed by atoms with Gasteiger partial charge in [-0.05, 0) is 88.7 Å². The van der Waals surface area contributed by atoms with Gasteiger partial charge in [-0.1, -0.05) is 130 Å². The lowest BCUT2D eigenvalue weighted by Crippen LogP contribution is -2.15. The Morgan fingerprint density at radius 3 is 2.32 bits per heavy atom. The molecule has 56 heavy (non-hydrogen) atoms. The van der Waals surface area contributed by atoms with Gasteiger partial charge in [0.25, 0.3) is 0 Å². The molecule has 270 valence electrons. The van der Waals surface area contributed by atoms with Crippen molar-refractivity contribution in [2.24, 2.45) is 15.9 Å². The summed E-state index contributed by atoms with van der Waals surface area (Å²) in [5.74, 6) is 1.81. The monoisotopic (exact) mass is 723 g/mol. The minimum Gasteiger partial charge on any atom is -0.456 e. The van der Waals surface area contributed by atoms with E-state index in [4.69, 9.17) is 14.4 Å². The zero-order valence-corrected chi connectivity index (χ0v) is 31.9. The third kappa shape index (κ3) is 4.98. The van der Waals surface area contributed by atoms with E-state index in [1.807, 2.05) is 6.07 Å². The second-order valence-corrected chi connectivity index (χ2v) is 16.0. The zero-order chi connectivity index (χ0) is 37.5. The molecule has 8 aromatic rings. The van der Waals surface area contributed by atoms with E-state index >= 15 is 0 Å². The Balaban J connectivity index is 1.08. The van der Waals surface area contributed by atoms with Crippen LogP contribution in [0.3, 0.4) is 0 Å². The number of benzene rings is 6. The van der Waals surface area contributed by atoms with E-state index in [9.17, 15) is 0 Å². The summed E-state index contributed by atoms with van der Waals surface area (Å²) < 4.78 is 8.71. The molecule has 3 heterocycles. The number of allylic oxidation sites excluding steroid dienone is 2. The summed E-state index contributed by atoms with van der Waals surface area (Å²) in [4.78, 5) is 11.0. The van der Waals surface area contributed by atoms with Crippen molar-refractivity contribution < 1.29 is 4.42 Å². The molecule has 1 unspecified atom stereocenters. The van der Waals surface area contributed by atoms with Crippen LogP contribution in [0.5, 0.6) is 0 Å². The molecule has 4 heteroatoms. The number of hydrogen-bond donors (Lipinski definition) is 0. The summed E-state index contributed by atoms with van der Waals surface area (Å²) in [6.07, 6.45) is 6.93. The van der Waals surface area contributed by atoms with Gasteiger partial charge in [-0.15, -0.1) is 0 Å². The fraction of sp³-hybridized carbons (Fsp3) is 0.154. The van der Waals surface area contributed by atoms with Crippen molar-refractivity contribution in [1.29, 1.82) is 0 Å². The number of rotatable bonds is 5. The van der Waals surface area contributed by atoms with Crippen molar-refractivity contribution in [3.63, 3.8) is 0 Å². The number of fused-ring (bicyclic) bond motifs is 9. The van der Waals surface area contributed by atoms with Crippen molar-refractivity contribution in [3.05, 3.63) is 190 Å². The Bertz CT molecular complexity index is 3040. The Hall–Kier alpha value is -6.52. The second kappa shape index (κ2) is 12.5. The molecular weight excluding hydrogens is 683 g/mol. The van der Waals surface area contributed by atoms with Crippen molar-refractivity contribution >= 4 is 50.4 Å². The van der Waals surface area contributed by atoms with Gasteiger partial charge in [0.2, 0.25) is 0 Å². The standard InChI is InChI=1S/C52H41N3O/c1-4-32-29-45(33-15-6-5-7-16-33)53-51(54-50(32)34-25-26-49-42(28-34)39-21-10-13-24-48(39)56-49)35-17-14-18-36(27-35)55-46-23-12-9-20-38(46)41-30-40-37-19-8-11-22-43(37)52(2,3)44(40)31-47(41)55/h5-27,30-31,34H,4,28-29H2,1-3H3. The molecule has 11 rings (SSSR count). The lowest BCUT2D eigenvalue weighted by molar-refractivity contribution is 0.585. The Kier molecular flexibility index (Phi) is 7.34. The summed E-state index contributed by atoms with van der Waals surface area (Å²) in [5, 5.41) is 3.70. The lowest BCUT2D eigenvalue weighted by Gasteiger charge is -2.21. The second-order valence-electron chi connectivity index (χ2n) is 16.0. The van der Waals surface area contributed by atoms with Crippen LogP contribution in [0.2, 0.25) is 0 Å². The molecule has 0 bridgehead atoms. The average molecular weight is 724 g/mol. The number of nitrogens with zero attached hydrogens (tertiary/aromatic N) is 3. The molecule has 0 fully saturated rings. The fourth-order valence-corrected chi connectivity index (χ4v) is 9.62. The van der Waals surface area contributed by atoms with Crippen molar-refractivity contribution in [2.75, 3.05) is 0 Å². The molecule has 1 atom stereocenters. The minimum absolute atomic E-state index is 0.0995. The number of para-hydroxylation sites is 2. The lowest BCUT2D eigenvalue weighted by atomic mass is 9.82. The molecule has 0 spiro atoms. The Morgan fingerprint density at radius 2 is 1.45 bits per heavy atom. The third-order valence-electron chi connectivity index (χ3n) is 12.5. The molecule has 0 saturated heterocycles. The summed E-state index contributed by atoms with van der Waals surface area (Å²) >= 11 is 0. The van der Waals surface area contributed by atoms with Gasteiger partial charge in [-0.3, -0.25) is 0 Å². The first-order valence-electron chi connectivity index (χ1n) is 19.9. The molecule has 6 aromatic carbocycles. The van der Waals surface area contributed by atoms with Gasteiger partial charge in [0.15, 0.2) is 5.84 Å². The first-order chi connectivity index (χ1) is 27.5. The molecular formula is C52H41N3O. The van der Waals surface area contributed by atoms with Crippen LogP contribution in [-0.2, 0) is 11.8 Å². The molecule has 2 aromatic heterocycles. The van der Waals surface area contributed by atoms with E-state index in [-0.39, 0.29) is 11.3 Å². The quantitative estimate of drug-likeness (QED) is 0.174. The van der Waals surface area contributed by atoms with Crippen LogP contribution >= 0.6 is 0 Å². The van der Waals surface area contributed by atoms with Gasteiger partial charge in [0.1, 0.15) is 11.3 Å². The first kappa shape index (κ1) is 32.9. The van der Waals surface area contributed by atoms with Crippen LogP contribution in [0.15, 0.2) is 171 Å². The van der Waals surface area contributed by atoms with E-state index in [0.29, 0.717) is 0 Å². The number of aromatic nitrogens is 1. The predicted molar refractivity (Wildman–Crippen MR) is 232 cm³/mol. The molecule has 0 amide bonds. The van der Waals surface area contributed by atoms with E-state index in [2.05, 4.69) is 171 Å². The zero-order valence-electron chi connectivity index (χ0n) is 31.9. The highest BCUT2D eigenvalue weighted by Gasteiger charge is 2.36. The molecule has 4 nitrogen and oxygen atoms in total. The van der Waals surface area contributed by atoms with Crippen LogP contribution in [0, 0.1) is 5.92 Å². The van der Waals surface area contributed by atoms with Crippen LogP contribution in [0.4, 0.5) is 0 Å². The van der Waals surface area contributed by atoms with E-state index < -0.39 is 0 Å². The summed E-state index contributed by atoms with van der Waals surface area (Å²) in [6.45, 7) is 6.97. The number of hydrogen-bond acceptors (Lipinski definition) is 3. The normalized spacial score (nSPS) is 17.2. The maximum atomic E-state index is 6.27. The van der Waals surface area contributed by atoms with Gasteiger partial charge < -0.3 is 8.98 Å². The molecule has 2 aliphatic carbocycles. The molecule has 1 aliphatic heterocycles. The highest BCUT2D eigenvalue weighted by Crippen LogP contribution is 2.51. The fourth-order valence-electron chi connectivity index (χ4n) is 9.62. The predicted octanol–water partition coefficient (Wildman–Crippen LogP) is 13.0. The molecule has 0 saturated carbocycles. The summed E-state index contributed by atoms with van der Waals surface area (Å²) in [5.41, 5.74) is 16.6. The van der Waals surface area contributed by atoms with Crippen molar-refractivity contribution in [3.8, 4) is 16.8 Å². The van der Waals surface area contributed by atoms with Crippen LogP contribution in [0.25, 0.3) is 55.7 Å². The molecule has 0 radical (unpaired) electrons. The highest BCUT2D eigenvalue weighted by molar-refractivity contribution is 6.15. The average Bonchev–Trinajstić information content (AvgIpc) is 3.79. The van der Waals surface area contributed by atoms with E-state index in [0.717, 1.165) is 64.7 Å². The van der Waals surface area contributed by atoms with E-state index in [1.165, 1.54) is 60.6 Å². The SMILES string of the molecule is CCC1=C(C2C=Cc3oc4ccccc4c3C2)N=C(c2cccc(-n3c4ccccc4c4cc5c(cc43)C(C)(C)c3ccccc3-5)c2)N=C(c2ccccc2)C1. The summed E-state index contributed by atoms with van der Waals surface area (Å²) in [6, 6.07) is 50.4. The largest absolute Gasteiger partial charge is 0.456 e.